The van der Waals surface area contributed by atoms with E-state index in [0.717, 1.165) is 5.56 Å². The lowest BCUT2D eigenvalue weighted by atomic mass is 10.1. The first-order chi connectivity index (χ1) is 13.5. The van der Waals surface area contributed by atoms with Crippen molar-refractivity contribution in [2.75, 3.05) is 12.0 Å². The molecule has 0 saturated carbocycles. The molecule has 0 saturated heterocycles. The van der Waals surface area contributed by atoms with Gasteiger partial charge >= 0.3 is 5.69 Å². The van der Waals surface area contributed by atoms with E-state index in [9.17, 15) is 9.59 Å². The lowest BCUT2D eigenvalue weighted by molar-refractivity contribution is 0.206. The molecule has 3 aromatic rings. The number of aromatic amines is 1. The molecule has 0 aliphatic carbocycles. The molecule has 4 rings (SSSR count). The third-order valence-corrected chi connectivity index (χ3v) is 5.59. The first kappa shape index (κ1) is 18.5. The van der Waals surface area contributed by atoms with Crippen LogP contribution in [0.2, 0.25) is 5.02 Å². The molecule has 2 aromatic carbocycles. The highest BCUT2D eigenvalue weighted by atomic mass is 35.5. The highest BCUT2D eigenvalue weighted by Crippen LogP contribution is 2.27. The van der Waals surface area contributed by atoms with Crippen molar-refractivity contribution >= 4 is 17.4 Å². The highest BCUT2D eigenvalue weighted by molar-refractivity contribution is 6.31. The Balaban J connectivity index is 1.68. The maximum absolute atomic E-state index is 12.5. The van der Waals surface area contributed by atoms with Crippen LogP contribution in [0.1, 0.15) is 29.7 Å². The molecule has 2 heterocycles. The van der Waals surface area contributed by atoms with Gasteiger partial charge in [0, 0.05) is 17.6 Å². The van der Waals surface area contributed by atoms with Gasteiger partial charge in [0.2, 0.25) is 0 Å². The van der Waals surface area contributed by atoms with E-state index < -0.39 is 5.69 Å². The molecule has 2 N–H and O–H groups in total. The van der Waals surface area contributed by atoms with Crippen LogP contribution < -0.4 is 16.6 Å². The van der Waals surface area contributed by atoms with Gasteiger partial charge in [0.25, 0.3) is 5.56 Å². The standard InChI is InChI=1S/C21H21ClN4O2/c1-14(15-7-3-2-4-8-15)25-12-17-19(23-13-25)26(21(28)24-20(17)27)11-16-9-5-6-10-18(16)22/h2-10,14,23H,11-13H2,1H3,(H,24,27,28)/t14-/m1/s1. The number of H-pyrrole nitrogens is 1. The number of hydrogen-bond acceptors (Lipinski definition) is 4. The number of hydrogen-bond donors (Lipinski definition) is 2. The second kappa shape index (κ2) is 7.66. The van der Waals surface area contributed by atoms with Gasteiger partial charge in [-0.15, -0.1) is 0 Å². The monoisotopic (exact) mass is 396 g/mol. The summed E-state index contributed by atoms with van der Waals surface area (Å²) in [7, 11) is 0. The SMILES string of the molecule is C[C@H](c1ccccc1)N1CNc2c(c(=O)[nH]c(=O)n2Cc2ccccc2Cl)C1. The van der Waals surface area contributed by atoms with Crippen molar-refractivity contribution in [2.24, 2.45) is 0 Å². The molecule has 1 aliphatic rings. The van der Waals surface area contributed by atoms with Gasteiger partial charge in [0.1, 0.15) is 5.82 Å². The smallest absolute Gasteiger partial charge is 0.330 e. The van der Waals surface area contributed by atoms with Crippen molar-refractivity contribution in [3.8, 4) is 0 Å². The normalized spacial score (nSPS) is 14.9. The molecule has 1 atom stereocenters. The fraction of sp³-hybridized carbons (Fsp3) is 0.238. The van der Waals surface area contributed by atoms with Crippen molar-refractivity contribution in [1.29, 1.82) is 0 Å². The molecular weight excluding hydrogens is 376 g/mol. The van der Waals surface area contributed by atoms with E-state index in [1.54, 1.807) is 10.6 Å². The molecule has 0 fully saturated rings. The first-order valence-electron chi connectivity index (χ1n) is 9.17. The van der Waals surface area contributed by atoms with Crippen molar-refractivity contribution < 1.29 is 0 Å². The van der Waals surface area contributed by atoms with Gasteiger partial charge in [-0.25, -0.2) is 4.79 Å². The second-order valence-corrected chi connectivity index (χ2v) is 7.34. The van der Waals surface area contributed by atoms with E-state index in [0.29, 0.717) is 36.2 Å². The molecule has 1 aromatic heterocycles. The van der Waals surface area contributed by atoms with Crippen LogP contribution in [-0.4, -0.2) is 21.1 Å². The molecule has 28 heavy (non-hydrogen) atoms. The zero-order valence-electron chi connectivity index (χ0n) is 15.5. The largest absolute Gasteiger partial charge is 0.358 e. The summed E-state index contributed by atoms with van der Waals surface area (Å²) < 4.78 is 1.54. The molecule has 0 bridgehead atoms. The number of fused-ring (bicyclic) bond motifs is 1. The minimum Gasteiger partial charge on any atom is -0.358 e. The van der Waals surface area contributed by atoms with E-state index in [4.69, 9.17) is 11.6 Å². The molecular formula is C21H21ClN4O2. The molecule has 0 spiro atoms. The van der Waals surface area contributed by atoms with E-state index >= 15 is 0 Å². The lowest BCUT2D eigenvalue weighted by Crippen LogP contribution is -2.44. The third kappa shape index (κ3) is 3.48. The Morgan fingerprint density at radius 1 is 1.07 bits per heavy atom. The fourth-order valence-electron chi connectivity index (χ4n) is 3.56. The van der Waals surface area contributed by atoms with Crippen LogP contribution in [0.25, 0.3) is 0 Å². The van der Waals surface area contributed by atoms with Crippen LogP contribution in [0.5, 0.6) is 0 Å². The highest BCUT2D eigenvalue weighted by Gasteiger charge is 2.26. The Hall–Kier alpha value is -2.83. The summed E-state index contributed by atoms with van der Waals surface area (Å²) in [4.78, 5) is 29.6. The predicted octanol–water partition coefficient (Wildman–Crippen LogP) is 3.18. The van der Waals surface area contributed by atoms with Crippen LogP contribution in [0.15, 0.2) is 64.2 Å². The van der Waals surface area contributed by atoms with Gasteiger partial charge in [0.15, 0.2) is 0 Å². The number of aromatic nitrogens is 2. The van der Waals surface area contributed by atoms with Gasteiger partial charge < -0.3 is 5.32 Å². The summed E-state index contributed by atoms with van der Waals surface area (Å²) in [5, 5.41) is 3.87. The van der Waals surface area contributed by atoms with Crippen LogP contribution >= 0.6 is 11.6 Å². The number of nitrogens with one attached hydrogen (secondary N) is 2. The zero-order valence-corrected chi connectivity index (χ0v) is 16.2. The van der Waals surface area contributed by atoms with E-state index in [2.05, 4.69) is 34.3 Å². The second-order valence-electron chi connectivity index (χ2n) is 6.93. The molecule has 7 heteroatoms. The van der Waals surface area contributed by atoms with Gasteiger partial charge in [0.05, 0.1) is 18.8 Å². The van der Waals surface area contributed by atoms with Crippen LogP contribution in [-0.2, 0) is 13.1 Å². The van der Waals surface area contributed by atoms with Crippen molar-refractivity contribution in [2.45, 2.75) is 26.1 Å². The predicted molar refractivity (Wildman–Crippen MR) is 111 cm³/mol. The molecule has 0 amide bonds. The maximum Gasteiger partial charge on any atom is 0.330 e. The Bertz CT molecular complexity index is 1110. The summed E-state index contributed by atoms with van der Waals surface area (Å²) in [6, 6.07) is 17.7. The molecule has 6 nitrogen and oxygen atoms in total. The minimum absolute atomic E-state index is 0.130. The maximum atomic E-state index is 12.5. The average molecular weight is 397 g/mol. The Morgan fingerprint density at radius 3 is 2.54 bits per heavy atom. The first-order valence-corrected chi connectivity index (χ1v) is 9.54. The van der Waals surface area contributed by atoms with Crippen LogP contribution in [0.4, 0.5) is 5.82 Å². The average Bonchev–Trinajstić information content (AvgIpc) is 2.72. The summed E-state index contributed by atoms with van der Waals surface area (Å²) in [6.45, 7) is 3.39. The number of benzene rings is 2. The van der Waals surface area contributed by atoms with Gasteiger partial charge in [-0.3, -0.25) is 19.2 Å². The lowest BCUT2D eigenvalue weighted by Gasteiger charge is -2.35. The number of halogens is 1. The minimum atomic E-state index is -0.444. The molecule has 0 radical (unpaired) electrons. The molecule has 144 valence electrons. The van der Waals surface area contributed by atoms with Crippen LogP contribution in [0.3, 0.4) is 0 Å². The Labute approximate surface area is 167 Å². The summed E-state index contributed by atoms with van der Waals surface area (Å²) in [5.41, 5.74) is 1.75. The summed E-state index contributed by atoms with van der Waals surface area (Å²) >= 11 is 6.26. The van der Waals surface area contributed by atoms with Crippen LogP contribution in [0, 0.1) is 0 Å². The topological polar surface area (TPSA) is 70.1 Å². The summed E-state index contributed by atoms with van der Waals surface area (Å²) in [5.74, 6) is 0.560. The van der Waals surface area contributed by atoms with Crippen molar-refractivity contribution in [3.05, 3.63) is 97.1 Å². The van der Waals surface area contributed by atoms with Gasteiger partial charge in [-0.1, -0.05) is 60.1 Å². The van der Waals surface area contributed by atoms with Crippen molar-refractivity contribution in [1.82, 2.24) is 14.5 Å². The van der Waals surface area contributed by atoms with Gasteiger partial charge in [-0.2, -0.15) is 0 Å². The Kier molecular flexibility index (Phi) is 5.07. The quantitative estimate of drug-likeness (QED) is 0.710. The van der Waals surface area contributed by atoms with Crippen molar-refractivity contribution in [3.63, 3.8) is 0 Å². The third-order valence-electron chi connectivity index (χ3n) is 5.22. The summed E-state index contributed by atoms with van der Waals surface area (Å²) in [6.07, 6.45) is 0. The number of anilines is 1. The van der Waals surface area contributed by atoms with Gasteiger partial charge in [-0.05, 0) is 24.1 Å². The fourth-order valence-corrected chi connectivity index (χ4v) is 3.76. The zero-order chi connectivity index (χ0) is 19.7. The number of nitrogens with zero attached hydrogens (tertiary/aromatic N) is 2. The van der Waals surface area contributed by atoms with E-state index in [-0.39, 0.29) is 11.6 Å². The number of rotatable bonds is 4. The van der Waals surface area contributed by atoms with E-state index in [1.165, 1.54) is 5.56 Å². The molecule has 1 aliphatic heterocycles. The molecule has 0 unspecified atom stereocenters. The van der Waals surface area contributed by atoms with E-state index in [1.807, 2.05) is 36.4 Å². The Morgan fingerprint density at radius 2 is 1.79 bits per heavy atom.